The van der Waals surface area contributed by atoms with Gasteiger partial charge in [-0.3, -0.25) is 14.2 Å². The Balaban J connectivity index is 1.59. The number of carbonyl (C=O) groups is 2. The van der Waals surface area contributed by atoms with Crippen molar-refractivity contribution in [2.24, 2.45) is 0 Å². The van der Waals surface area contributed by atoms with Crippen molar-refractivity contribution >= 4 is 28.7 Å². The van der Waals surface area contributed by atoms with Crippen LogP contribution in [-0.4, -0.2) is 23.1 Å². The predicted molar refractivity (Wildman–Crippen MR) is 91.2 cm³/mol. The highest BCUT2D eigenvalue weighted by Crippen LogP contribution is 2.13. The molecule has 25 heavy (non-hydrogen) atoms. The van der Waals surface area contributed by atoms with E-state index in [0.29, 0.717) is 16.8 Å². The van der Waals surface area contributed by atoms with Gasteiger partial charge in [-0.25, -0.2) is 4.79 Å². The molecule has 128 valence electrons. The van der Waals surface area contributed by atoms with Crippen LogP contribution in [0, 0.1) is 6.92 Å². The summed E-state index contributed by atoms with van der Waals surface area (Å²) in [5, 5.41) is 2.66. The Morgan fingerprint density at radius 2 is 1.84 bits per heavy atom. The largest absolute Gasteiger partial charge is 0.454 e. The number of anilines is 1. The highest BCUT2D eigenvalue weighted by molar-refractivity contribution is 5.93. The summed E-state index contributed by atoms with van der Waals surface area (Å²) < 4.78 is 11.1. The zero-order chi connectivity index (χ0) is 17.8. The summed E-state index contributed by atoms with van der Waals surface area (Å²) in [5.74, 6) is -1.80. The number of ether oxygens (including phenoxy) is 1. The van der Waals surface area contributed by atoms with Crippen LogP contribution in [0.1, 0.15) is 5.56 Å². The minimum Gasteiger partial charge on any atom is -0.454 e. The van der Waals surface area contributed by atoms with Crippen LogP contribution < -0.4 is 11.1 Å². The first-order chi connectivity index (χ1) is 12.0. The van der Waals surface area contributed by atoms with Gasteiger partial charge in [-0.05, 0) is 30.7 Å². The molecule has 0 aliphatic rings. The monoisotopic (exact) mass is 340 g/mol. The van der Waals surface area contributed by atoms with Gasteiger partial charge >= 0.3 is 11.7 Å². The molecular weight excluding hydrogens is 324 g/mol. The lowest BCUT2D eigenvalue weighted by molar-refractivity contribution is -0.147. The summed E-state index contributed by atoms with van der Waals surface area (Å²) in [6.07, 6.45) is 0. The van der Waals surface area contributed by atoms with Gasteiger partial charge in [-0.1, -0.05) is 30.3 Å². The van der Waals surface area contributed by atoms with Gasteiger partial charge in [0.1, 0.15) is 6.54 Å². The maximum atomic E-state index is 11.9. The van der Waals surface area contributed by atoms with Crippen LogP contribution in [0.15, 0.2) is 57.7 Å². The molecule has 0 radical (unpaired) electrons. The normalized spacial score (nSPS) is 10.6. The van der Waals surface area contributed by atoms with Gasteiger partial charge < -0.3 is 14.5 Å². The Bertz CT molecular complexity index is 986. The maximum absolute atomic E-state index is 11.9. The molecule has 0 aliphatic heterocycles. The lowest BCUT2D eigenvalue weighted by atomic mass is 10.2. The highest BCUT2D eigenvalue weighted by Gasteiger charge is 2.14. The number of nitrogens with one attached hydrogen (secondary N) is 1. The Hall–Kier alpha value is -3.35. The third-order valence-electron chi connectivity index (χ3n) is 3.64. The summed E-state index contributed by atoms with van der Waals surface area (Å²) >= 11 is 0. The van der Waals surface area contributed by atoms with Crippen molar-refractivity contribution in [1.82, 2.24) is 4.57 Å². The molecule has 0 saturated heterocycles. The Labute approximate surface area is 142 Å². The molecule has 1 heterocycles. The molecule has 0 atom stereocenters. The summed E-state index contributed by atoms with van der Waals surface area (Å²) in [6.45, 7) is 1.10. The summed E-state index contributed by atoms with van der Waals surface area (Å²) in [6, 6.07) is 14.0. The van der Waals surface area contributed by atoms with Crippen molar-refractivity contribution in [3.8, 4) is 0 Å². The number of esters is 1. The number of fused-ring (bicyclic) bond motifs is 1. The predicted octanol–water partition coefficient (Wildman–Crippen LogP) is 2.08. The molecule has 0 unspecified atom stereocenters. The van der Waals surface area contributed by atoms with Gasteiger partial charge in [0.05, 0.1) is 5.52 Å². The fourth-order valence-corrected chi connectivity index (χ4v) is 2.38. The number of hydrogen-bond donors (Lipinski definition) is 1. The first-order valence-electron chi connectivity index (χ1n) is 7.64. The third-order valence-corrected chi connectivity index (χ3v) is 3.64. The Morgan fingerprint density at radius 3 is 2.64 bits per heavy atom. The third kappa shape index (κ3) is 3.77. The van der Waals surface area contributed by atoms with Crippen LogP contribution in [0.4, 0.5) is 5.69 Å². The first-order valence-corrected chi connectivity index (χ1v) is 7.64. The van der Waals surface area contributed by atoms with E-state index >= 15 is 0 Å². The average Bonchev–Trinajstić information content (AvgIpc) is 2.91. The van der Waals surface area contributed by atoms with Gasteiger partial charge in [-0.15, -0.1) is 0 Å². The minimum absolute atomic E-state index is 0.326. The van der Waals surface area contributed by atoms with Crippen LogP contribution in [0.5, 0.6) is 0 Å². The number of aryl methyl sites for hydroxylation is 1. The van der Waals surface area contributed by atoms with E-state index in [9.17, 15) is 14.4 Å². The molecule has 7 heteroatoms. The molecule has 7 nitrogen and oxygen atoms in total. The molecule has 0 spiro atoms. The van der Waals surface area contributed by atoms with Crippen LogP contribution >= 0.6 is 0 Å². The minimum atomic E-state index is -0.700. The molecule has 0 bridgehead atoms. The van der Waals surface area contributed by atoms with Crippen LogP contribution in [0.25, 0.3) is 11.1 Å². The van der Waals surface area contributed by atoms with E-state index in [-0.39, 0.29) is 6.54 Å². The molecule has 3 rings (SSSR count). The highest BCUT2D eigenvalue weighted by atomic mass is 16.5. The summed E-state index contributed by atoms with van der Waals surface area (Å²) in [5.41, 5.74) is 2.44. The molecule has 1 aromatic heterocycles. The summed E-state index contributed by atoms with van der Waals surface area (Å²) in [4.78, 5) is 35.6. The van der Waals surface area contributed by atoms with Gasteiger partial charge in [0, 0.05) is 5.69 Å². The fraction of sp³-hybridized carbons (Fsp3) is 0.167. The molecule has 2 aromatic carbocycles. The Kier molecular flexibility index (Phi) is 4.65. The van der Waals surface area contributed by atoms with E-state index in [1.165, 1.54) is 0 Å². The molecule has 3 aromatic rings. The van der Waals surface area contributed by atoms with Gasteiger partial charge in [0.2, 0.25) is 0 Å². The fourth-order valence-electron chi connectivity index (χ4n) is 2.38. The van der Waals surface area contributed by atoms with Gasteiger partial charge in [0.25, 0.3) is 5.91 Å². The number of rotatable bonds is 5. The number of carbonyl (C=O) groups excluding carboxylic acids is 2. The summed E-state index contributed by atoms with van der Waals surface area (Å²) in [7, 11) is 0. The van der Waals surface area contributed by atoms with Crippen LogP contribution in [0.3, 0.4) is 0 Å². The maximum Gasteiger partial charge on any atom is 0.420 e. The van der Waals surface area contributed by atoms with E-state index < -0.39 is 24.2 Å². The van der Waals surface area contributed by atoms with Crippen molar-refractivity contribution < 1.29 is 18.7 Å². The van der Waals surface area contributed by atoms with Crippen molar-refractivity contribution in [1.29, 1.82) is 0 Å². The van der Waals surface area contributed by atoms with Crippen molar-refractivity contribution in [3.05, 3.63) is 64.6 Å². The van der Waals surface area contributed by atoms with E-state index in [4.69, 9.17) is 9.15 Å². The molecule has 0 fully saturated rings. The number of nitrogens with zero attached hydrogens (tertiary/aromatic N) is 1. The zero-order valence-corrected chi connectivity index (χ0v) is 13.5. The lowest BCUT2D eigenvalue weighted by Crippen LogP contribution is -2.26. The van der Waals surface area contributed by atoms with Gasteiger partial charge in [0.15, 0.2) is 12.2 Å². The molecule has 1 N–H and O–H groups in total. The first kappa shape index (κ1) is 16.5. The van der Waals surface area contributed by atoms with Crippen molar-refractivity contribution in [3.63, 3.8) is 0 Å². The number of hydrogen-bond acceptors (Lipinski definition) is 5. The number of aromatic nitrogens is 1. The molecular formula is C18H16N2O5. The van der Waals surface area contributed by atoms with Crippen molar-refractivity contribution in [2.75, 3.05) is 11.9 Å². The average molecular weight is 340 g/mol. The topological polar surface area (TPSA) is 90.5 Å². The van der Waals surface area contributed by atoms with E-state index in [2.05, 4.69) is 5.32 Å². The molecule has 0 aliphatic carbocycles. The second-order valence-corrected chi connectivity index (χ2v) is 5.45. The molecule has 1 amide bonds. The van der Waals surface area contributed by atoms with E-state index in [0.717, 1.165) is 10.1 Å². The number of oxazole rings is 1. The molecule has 0 saturated carbocycles. The Morgan fingerprint density at radius 1 is 1.12 bits per heavy atom. The van der Waals surface area contributed by atoms with E-state index in [1.807, 2.05) is 19.1 Å². The van der Waals surface area contributed by atoms with E-state index in [1.54, 1.807) is 36.4 Å². The smallest absolute Gasteiger partial charge is 0.420 e. The van der Waals surface area contributed by atoms with Crippen LogP contribution in [0.2, 0.25) is 0 Å². The number of amides is 1. The lowest BCUT2D eigenvalue weighted by Gasteiger charge is -2.08. The quantitative estimate of drug-likeness (QED) is 0.718. The number of benzene rings is 2. The van der Waals surface area contributed by atoms with Gasteiger partial charge in [-0.2, -0.15) is 0 Å². The second kappa shape index (κ2) is 7.04. The van der Waals surface area contributed by atoms with Crippen LogP contribution in [-0.2, 0) is 20.9 Å². The van der Waals surface area contributed by atoms with Crippen molar-refractivity contribution in [2.45, 2.75) is 13.5 Å². The second-order valence-electron chi connectivity index (χ2n) is 5.45. The number of para-hydroxylation sites is 3. The standard InChI is InChI=1S/C18H16N2O5/c1-12-6-2-3-7-13(12)19-16(21)11-24-17(22)10-20-14-8-4-5-9-15(14)25-18(20)23/h2-9H,10-11H2,1H3,(H,19,21). The SMILES string of the molecule is Cc1ccccc1NC(=O)COC(=O)Cn1c(=O)oc2ccccc21. The zero-order valence-electron chi connectivity index (χ0n) is 13.5.